The van der Waals surface area contributed by atoms with Crippen LogP contribution >= 0.6 is 0 Å². The molecule has 0 saturated heterocycles. The van der Waals surface area contributed by atoms with Crippen molar-refractivity contribution in [2.24, 2.45) is 13.0 Å². The van der Waals surface area contributed by atoms with Crippen molar-refractivity contribution in [2.45, 2.75) is 77.3 Å². The number of halogens is 6. The van der Waals surface area contributed by atoms with Gasteiger partial charge in [0.1, 0.15) is 0 Å². The Morgan fingerprint density at radius 2 is 1.46 bits per heavy atom. The van der Waals surface area contributed by atoms with Crippen LogP contribution in [0, 0.1) is 5.92 Å². The fraction of sp³-hybridized carbons (Fsp3) is 0.516. The fourth-order valence-corrected chi connectivity index (χ4v) is 6.31. The molecule has 2 aliphatic rings. The Bertz CT molecular complexity index is 1320. The highest BCUT2D eigenvalue weighted by Crippen LogP contribution is 2.38. The van der Waals surface area contributed by atoms with Crippen LogP contribution < -0.4 is 9.80 Å². The molecule has 1 heterocycles. The molecule has 0 amide bonds. The van der Waals surface area contributed by atoms with Crippen LogP contribution in [-0.2, 0) is 45.3 Å². The fourth-order valence-electron chi connectivity index (χ4n) is 6.31. The van der Waals surface area contributed by atoms with Gasteiger partial charge in [0.25, 0.3) is 0 Å². The number of alkyl halides is 6. The van der Waals surface area contributed by atoms with E-state index in [1.54, 1.807) is 28.9 Å². The first-order chi connectivity index (χ1) is 19.4. The van der Waals surface area contributed by atoms with E-state index in [9.17, 15) is 26.3 Å². The number of fused-ring (bicyclic) bond motifs is 1. The number of hydrogen-bond donors (Lipinski definition) is 0. The van der Waals surface area contributed by atoms with E-state index in [4.69, 9.17) is 0 Å². The number of nitrogens with zero attached hydrogens (tertiary/aromatic N) is 4. The summed E-state index contributed by atoms with van der Waals surface area (Å²) in [4.78, 5) is 4.17. The minimum atomic E-state index is -4.90. The SMILES string of the molecule is CCN(CC1CCCC1)c1cc2c(cc1CN(Cc1cc(C(F)(F)F)cc(C(F)(F)F)c1)c1ccn(C)n1)CCC2. The Balaban J connectivity index is 1.54. The lowest BCUT2D eigenvalue weighted by atomic mass is 10.00. The molecule has 0 N–H and O–H groups in total. The Kier molecular flexibility index (Phi) is 8.30. The van der Waals surface area contributed by atoms with Crippen molar-refractivity contribution >= 4 is 11.5 Å². The van der Waals surface area contributed by atoms with E-state index >= 15 is 0 Å². The van der Waals surface area contributed by atoms with E-state index in [1.165, 1.54) is 36.8 Å². The van der Waals surface area contributed by atoms with Crippen molar-refractivity contribution in [3.05, 3.63) is 76.0 Å². The Hall–Kier alpha value is -3.17. The van der Waals surface area contributed by atoms with Crippen molar-refractivity contribution < 1.29 is 26.3 Å². The van der Waals surface area contributed by atoms with Gasteiger partial charge in [0, 0.05) is 51.2 Å². The molecule has 41 heavy (non-hydrogen) atoms. The zero-order chi connectivity index (χ0) is 29.4. The molecule has 0 spiro atoms. The second-order valence-electron chi connectivity index (χ2n) is 11.4. The Morgan fingerprint density at radius 1 is 0.829 bits per heavy atom. The van der Waals surface area contributed by atoms with Gasteiger partial charge in [-0.2, -0.15) is 31.4 Å². The normalized spacial score (nSPS) is 15.9. The molecule has 3 aromatic rings. The van der Waals surface area contributed by atoms with Gasteiger partial charge in [-0.25, -0.2) is 0 Å². The topological polar surface area (TPSA) is 24.3 Å². The van der Waals surface area contributed by atoms with Crippen LogP contribution in [0.2, 0.25) is 0 Å². The van der Waals surface area contributed by atoms with Gasteiger partial charge in [-0.05, 0) is 91.5 Å². The van der Waals surface area contributed by atoms with Crippen LogP contribution in [0.25, 0.3) is 0 Å². The van der Waals surface area contributed by atoms with E-state index in [0.29, 0.717) is 18.3 Å². The molecule has 10 heteroatoms. The molecule has 1 saturated carbocycles. The lowest BCUT2D eigenvalue weighted by molar-refractivity contribution is -0.143. The van der Waals surface area contributed by atoms with Gasteiger partial charge < -0.3 is 9.80 Å². The molecule has 0 aliphatic heterocycles. The van der Waals surface area contributed by atoms with Gasteiger partial charge in [0.15, 0.2) is 5.82 Å². The van der Waals surface area contributed by atoms with Crippen molar-refractivity contribution in [2.75, 3.05) is 22.9 Å². The van der Waals surface area contributed by atoms with Gasteiger partial charge in [-0.15, -0.1) is 0 Å². The van der Waals surface area contributed by atoms with E-state index in [2.05, 4.69) is 29.1 Å². The molecule has 0 atom stereocenters. The molecule has 5 rings (SSSR count). The third kappa shape index (κ3) is 6.84. The summed E-state index contributed by atoms with van der Waals surface area (Å²) >= 11 is 0. The maximum Gasteiger partial charge on any atom is 0.416 e. The van der Waals surface area contributed by atoms with Crippen LogP contribution in [0.3, 0.4) is 0 Å². The highest BCUT2D eigenvalue weighted by molar-refractivity contribution is 5.60. The number of benzene rings is 2. The maximum atomic E-state index is 13.6. The molecule has 0 radical (unpaired) electrons. The lowest BCUT2D eigenvalue weighted by Gasteiger charge is -2.31. The van der Waals surface area contributed by atoms with Gasteiger partial charge in [0.05, 0.1) is 11.1 Å². The minimum absolute atomic E-state index is 0.0705. The van der Waals surface area contributed by atoms with Crippen LogP contribution in [0.1, 0.15) is 72.4 Å². The molecule has 222 valence electrons. The molecular weight excluding hydrogens is 542 g/mol. The lowest BCUT2D eigenvalue weighted by Crippen LogP contribution is -2.31. The molecule has 2 aliphatic carbocycles. The summed E-state index contributed by atoms with van der Waals surface area (Å²) in [6.07, 6.45) is -0.155. The second-order valence-corrected chi connectivity index (χ2v) is 11.4. The molecule has 2 aromatic carbocycles. The number of hydrogen-bond acceptors (Lipinski definition) is 3. The molecule has 4 nitrogen and oxygen atoms in total. The number of aromatic nitrogens is 2. The van der Waals surface area contributed by atoms with E-state index in [0.717, 1.165) is 55.7 Å². The first-order valence-electron chi connectivity index (χ1n) is 14.3. The number of aryl methyl sites for hydroxylation is 3. The van der Waals surface area contributed by atoms with Crippen molar-refractivity contribution in [1.82, 2.24) is 9.78 Å². The zero-order valence-corrected chi connectivity index (χ0v) is 23.5. The second kappa shape index (κ2) is 11.6. The van der Waals surface area contributed by atoms with Gasteiger partial charge in [-0.3, -0.25) is 4.68 Å². The van der Waals surface area contributed by atoms with Crippen molar-refractivity contribution in [1.29, 1.82) is 0 Å². The number of rotatable bonds is 9. The third-order valence-corrected chi connectivity index (χ3v) is 8.37. The Labute approximate surface area is 236 Å². The van der Waals surface area contributed by atoms with Crippen LogP contribution in [0.5, 0.6) is 0 Å². The average Bonchev–Trinajstić information content (AvgIpc) is 3.67. The minimum Gasteiger partial charge on any atom is -0.371 e. The van der Waals surface area contributed by atoms with Crippen molar-refractivity contribution in [3.8, 4) is 0 Å². The number of anilines is 2. The maximum absolute atomic E-state index is 13.6. The third-order valence-electron chi connectivity index (χ3n) is 8.37. The van der Waals surface area contributed by atoms with Gasteiger partial charge in [0.2, 0.25) is 0 Å². The molecule has 1 fully saturated rings. The van der Waals surface area contributed by atoms with E-state index in [-0.39, 0.29) is 18.2 Å². The van der Waals surface area contributed by atoms with Crippen LogP contribution in [-0.4, -0.2) is 22.9 Å². The summed E-state index contributed by atoms with van der Waals surface area (Å²) in [7, 11) is 1.73. The monoisotopic (exact) mass is 578 g/mol. The summed E-state index contributed by atoms with van der Waals surface area (Å²) < 4.78 is 83.3. The summed E-state index contributed by atoms with van der Waals surface area (Å²) in [5.41, 5.74) is 2.01. The van der Waals surface area contributed by atoms with Crippen molar-refractivity contribution in [3.63, 3.8) is 0 Å². The largest absolute Gasteiger partial charge is 0.416 e. The first kappa shape index (κ1) is 29.3. The van der Waals surface area contributed by atoms with Gasteiger partial charge in [-0.1, -0.05) is 18.9 Å². The van der Waals surface area contributed by atoms with Crippen LogP contribution in [0.4, 0.5) is 37.8 Å². The summed E-state index contributed by atoms with van der Waals surface area (Å²) in [5.74, 6) is 1.11. The summed E-state index contributed by atoms with van der Waals surface area (Å²) in [6.45, 7) is 4.03. The predicted octanol–water partition coefficient (Wildman–Crippen LogP) is 8.17. The van der Waals surface area contributed by atoms with Gasteiger partial charge >= 0.3 is 12.4 Å². The van der Waals surface area contributed by atoms with Crippen LogP contribution in [0.15, 0.2) is 42.6 Å². The Morgan fingerprint density at radius 3 is 2.02 bits per heavy atom. The molecule has 1 aromatic heterocycles. The summed E-state index contributed by atoms with van der Waals surface area (Å²) in [6, 6.07) is 7.99. The zero-order valence-electron chi connectivity index (χ0n) is 23.5. The first-order valence-corrected chi connectivity index (χ1v) is 14.3. The highest BCUT2D eigenvalue weighted by atomic mass is 19.4. The predicted molar refractivity (Wildman–Crippen MR) is 148 cm³/mol. The molecule has 0 unspecified atom stereocenters. The van der Waals surface area contributed by atoms with E-state index in [1.807, 2.05) is 0 Å². The molecule has 0 bridgehead atoms. The standard InChI is InChI=1S/C31H36F6N4/c1-3-40(18-21-7-4-5-8-21)28-16-24-10-6-9-23(24)15-25(28)20-41(29-11-12-39(2)38-29)19-22-13-26(30(32,33)34)17-27(14-22)31(35,36)37/h11-17,21H,3-10,18-20H2,1-2H3. The smallest absolute Gasteiger partial charge is 0.371 e. The highest BCUT2D eigenvalue weighted by Gasteiger charge is 2.37. The van der Waals surface area contributed by atoms with E-state index < -0.39 is 23.5 Å². The summed E-state index contributed by atoms with van der Waals surface area (Å²) in [5, 5.41) is 4.48. The quantitative estimate of drug-likeness (QED) is 0.240. The molecular formula is C31H36F6N4. The average molecular weight is 579 g/mol.